The fourth-order valence-electron chi connectivity index (χ4n) is 2.22. The number of ether oxygens (including phenoxy) is 1. The van der Waals surface area contributed by atoms with E-state index in [1.54, 1.807) is 0 Å². The summed E-state index contributed by atoms with van der Waals surface area (Å²) in [4.78, 5) is 7.13. The van der Waals surface area contributed by atoms with E-state index in [1.807, 2.05) is 6.92 Å². The first-order valence-electron chi connectivity index (χ1n) is 7.95. The number of aliphatic hydroxyl groups is 1. The maximum absolute atomic E-state index is 9.09. The van der Waals surface area contributed by atoms with E-state index in [9.17, 15) is 0 Å². The Morgan fingerprint density at radius 1 is 1.32 bits per heavy atom. The molecule has 0 radical (unpaired) electrons. The van der Waals surface area contributed by atoms with E-state index in [-0.39, 0.29) is 42.0 Å². The Morgan fingerprint density at radius 3 is 2.50 bits per heavy atom. The van der Waals surface area contributed by atoms with Gasteiger partial charge in [-0.3, -0.25) is 9.89 Å². The second-order valence-electron chi connectivity index (χ2n) is 6.28. The van der Waals surface area contributed by atoms with Gasteiger partial charge in [-0.2, -0.15) is 0 Å². The van der Waals surface area contributed by atoms with Crippen LogP contribution >= 0.6 is 24.0 Å². The van der Waals surface area contributed by atoms with Gasteiger partial charge < -0.3 is 20.5 Å². The zero-order chi connectivity index (χ0) is 15.7. The summed E-state index contributed by atoms with van der Waals surface area (Å²) in [5.74, 6) is 1.04. The molecule has 0 amide bonds. The largest absolute Gasteiger partial charge is 0.396 e. The zero-order valence-corrected chi connectivity index (χ0v) is 16.7. The quantitative estimate of drug-likeness (QED) is 0.320. The van der Waals surface area contributed by atoms with Crippen LogP contribution in [0.2, 0.25) is 0 Å². The molecule has 0 bridgehead atoms. The molecule has 1 atom stereocenters. The number of aliphatic hydroxyl groups excluding tert-OH is 1. The lowest BCUT2D eigenvalue weighted by molar-refractivity contribution is -0.00684. The molecule has 0 spiro atoms. The molecule has 1 rings (SSSR count). The van der Waals surface area contributed by atoms with Crippen LogP contribution < -0.4 is 10.6 Å². The Balaban J connectivity index is 0.00000441. The molecule has 6 nitrogen and oxygen atoms in total. The van der Waals surface area contributed by atoms with E-state index in [0.717, 1.165) is 51.9 Å². The predicted molar refractivity (Wildman–Crippen MR) is 102 cm³/mol. The molecule has 0 aromatic rings. The van der Waals surface area contributed by atoms with Crippen LogP contribution in [0, 0.1) is 5.92 Å². The number of rotatable bonds is 7. The first-order chi connectivity index (χ1) is 9.99. The van der Waals surface area contributed by atoms with Crippen molar-refractivity contribution in [2.45, 2.75) is 33.2 Å². The highest BCUT2D eigenvalue weighted by Gasteiger charge is 2.28. The van der Waals surface area contributed by atoms with Crippen LogP contribution in [-0.2, 0) is 4.74 Å². The summed E-state index contributed by atoms with van der Waals surface area (Å²) in [6.45, 7) is 14.5. The maximum Gasteiger partial charge on any atom is 0.191 e. The van der Waals surface area contributed by atoms with Gasteiger partial charge in [0.2, 0.25) is 0 Å². The third-order valence-electron chi connectivity index (χ3n) is 3.77. The van der Waals surface area contributed by atoms with Crippen molar-refractivity contribution in [3.63, 3.8) is 0 Å². The van der Waals surface area contributed by atoms with Gasteiger partial charge in [0.25, 0.3) is 0 Å². The van der Waals surface area contributed by atoms with Gasteiger partial charge in [0.05, 0.1) is 19.8 Å². The topological polar surface area (TPSA) is 69.1 Å². The smallest absolute Gasteiger partial charge is 0.191 e. The van der Waals surface area contributed by atoms with E-state index in [1.165, 1.54) is 0 Å². The third-order valence-corrected chi connectivity index (χ3v) is 3.77. The molecule has 132 valence electrons. The van der Waals surface area contributed by atoms with Crippen LogP contribution in [0.15, 0.2) is 4.99 Å². The zero-order valence-electron chi connectivity index (χ0n) is 14.4. The molecule has 1 unspecified atom stereocenters. The number of hydrogen-bond acceptors (Lipinski definition) is 4. The summed E-state index contributed by atoms with van der Waals surface area (Å²) in [5, 5.41) is 15.6. The van der Waals surface area contributed by atoms with Gasteiger partial charge in [-0.1, -0.05) is 6.92 Å². The van der Waals surface area contributed by atoms with Gasteiger partial charge in [-0.05, 0) is 26.7 Å². The molecule has 3 N–H and O–H groups in total. The first kappa shape index (κ1) is 21.9. The molecule has 0 aromatic heterocycles. The van der Waals surface area contributed by atoms with E-state index < -0.39 is 0 Å². The lowest BCUT2D eigenvalue weighted by Crippen LogP contribution is -2.52. The summed E-state index contributed by atoms with van der Waals surface area (Å²) in [6.07, 6.45) is 0. The summed E-state index contributed by atoms with van der Waals surface area (Å²) in [7, 11) is 0. The standard InChI is InChI=1S/C15H32N4O2.HI/c1-5-16-14(17-10-13(2)11-20)18-12-15(3,4)19-6-8-21-9-7-19;/h13,20H,5-12H2,1-4H3,(H2,16,17,18);1H. The number of halogens is 1. The normalized spacial score (nSPS) is 18.5. The molecule has 0 aromatic carbocycles. The Kier molecular flexibility index (Phi) is 11.4. The first-order valence-corrected chi connectivity index (χ1v) is 7.95. The average molecular weight is 428 g/mol. The molecule has 1 heterocycles. The second kappa shape index (κ2) is 11.4. The average Bonchev–Trinajstić information content (AvgIpc) is 2.50. The monoisotopic (exact) mass is 428 g/mol. The van der Waals surface area contributed by atoms with Crippen molar-refractivity contribution in [2.24, 2.45) is 10.9 Å². The van der Waals surface area contributed by atoms with Crippen molar-refractivity contribution < 1.29 is 9.84 Å². The highest BCUT2D eigenvalue weighted by molar-refractivity contribution is 14.0. The van der Waals surface area contributed by atoms with Crippen LogP contribution in [0.1, 0.15) is 27.7 Å². The third kappa shape index (κ3) is 7.94. The van der Waals surface area contributed by atoms with Crippen molar-refractivity contribution in [1.82, 2.24) is 15.5 Å². The highest BCUT2D eigenvalue weighted by atomic mass is 127. The molecule has 0 saturated carbocycles. The molecule has 0 aliphatic carbocycles. The van der Waals surface area contributed by atoms with Crippen molar-refractivity contribution in [2.75, 3.05) is 52.5 Å². The van der Waals surface area contributed by atoms with Gasteiger partial charge in [-0.15, -0.1) is 24.0 Å². The summed E-state index contributed by atoms with van der Waals surface area (Å²) < 4.78 is 5.41. The van der Waals surface area contributed by atoms with Gasteiger partial charge in [0, 0.05) is 38.3 Å². The number of nitrogens with zero attached hydrogens (tertiary/aromatic N) is 2. The minimum Gasteiger partial charge on any atom is -0.396 e. The minimum atomic E-state index is 0. The van der Waals surface area contributed by atoms with Gasteiger partial charge in [-0.25, -0.2) is 0 Å². The van der Waals surface area contributed by atoms with E-state index in [2.05, 4.69) is 36.3 Å². The Bertz CT molecular complexity index is 321. The van der Waals surface area contributed by atoms with Crippen molar-refractivity contribution >= 4 is 29.9 Å². The Morgan fingerprint density at radius 2 is 1.95 bits per heavy atom. The molecule has 7 heteroatoms. The number of morpholine rings is 1. The molecular formula is C15H33IN4O2. The van der Waals surface area contributed by atoms with Gasteiger partial charge >= 0.3 is 0 Å². The van der Waals surface area contributed by atoms with E-state index in [0.29, 0.717) is 0 Å². The second-order valence-corrected chi connectivity index (χ2v) is 6.28. The lowest BCUT2D eigenvalue weighted by atomic mass is 10.0. The van der Waals surface area contributed by atoms with Crippen LogP contribution in [0.25, 0.3) is 0 Å². The van der Waals surface area contributed by atoms with E-state index in [4.69, 9.17) is 14.8 Å². The van der Waals surface area contributed by atoms with Crippen LogP contribution in [0.4, 0.5) is 0 Å². The molecule has 1 aliphatic heterocycles. The summed E-state index contributed by atoms with van der Waals surface area (Å²) in [6, 6.07) is 0. The predicted octanol–water partition coefficient (Wildman–Crippen LogP) is 0.899. The van der Waals surface area contributed by atoms with E-state index >= 15 is 0 Å². The fraction of sp³-hybridized carbons (Fsp3) is 0.933. The Labute approximate surface area is 152 Å². The maximum atomic E-state index is 9.09. The molecule has 1 saturated heterocycles. The van der Waals surface area contributed by atoms with Crippen LogP contribution in [0.5, 0.6) is 0 Å². The minimum absolute atomic E-state index is 0. The van der Waals surface area contributed by atoms with Crippen molar-refractivity contribution in [3.05, 3.63) is 0 Å². The van der Waals surface area contributed by atoms with Crippen molar-refractivity contribution in [3.8, 4) is 0 Å². The SMILES string of the molecule is CCNC(=NCC(C)(C)N1CCOCC1)NCC(C)CO.I. The molecule has 1 aliphatic rings. The van der Waals surface area contributed by atoms with Crippen molar-refractivity contribution in [1.29, 1.82) is 0 Å². The molecule has 22 heavy (non-hydrogen) atoms. The summed E-state index contributed by atoms with van der Waals surface area (Å²) in [5.41, 5.74) is 0.0225. The number of aliphatic imine (C=N–C) groups is 1. The molecular weight excluding hydrogens is 395 g/mol. The van der Waals surface area contributed by atoms with Gasteiger partial charge in [0.1, 0.15) is 0 Å². The van der Waals surface area contributed by atoms with Gasteiger partial charge in [0.15, 0.2) is 5.96 Å². The number of nitrogens with one attached hydrogen (secondary N) is 2. The fourth-order valence-corrected chi connectivity index (χ4v) is 2.22. The molecule has 1 fully saturated rings. The lowest BCUT2D eigenvalue weighted by Gasteiger charge is -2.39. The number of guanidine groups is 1. The van der Waals surface area contributed by atoms with Crippen LogP contribution in [-0.4, -0.2) is 74.0 Å². The highest BCUT2D eigenvalue weighted by Crippen LogP contribution is 2.16. The summed E-state index contributed by atoms with van der Waals surface area (Å²) >= 11 is 0. The Hall–Kier alpha value is -0.120. The number of hydrogen-bond donors (Lipinski definition) is 3. The van der Waals surface area contributed by atoms with Crippen LogP contribution in [0.3, 0.4) is 0 Å².